The van der Waals surface area contributed by atoms with E-state index in [1.54, 1.807) is 0 Å². The third kappa shape index (κ3) is 2.80. The Balaban J connectivity index is 2.38. The predicted octanol–water partition coefficient (Wildman–Crippen LogP) is 2.27. The van der Waals surface area contributed by atoms with Crippen LogP contribution in [0.15, 0.2) is 18.5 Å². The summed E-state index contributed by atoms with van der Waals surface area (Å²) in [7, 11) is 0. The average molecular weight is 302 g/mol. The van der Waals surface area contributed by atoms with Crippen LogP contribution in [0.2, 0.25) is 10.0 Å². The van der Waals surface area contributed by atoms with E-state index >= 15 is 0 Å². The van der Waals surface area contributed by atoms with Crippen molar-refractivity contribution < 1.29 is 9.72 Å². The highest BCUT2D eigenvalue weighted by Crippen LogP contribution is 2.31. The van der Waals surface area contributed by atoms with Crippen LogP contribution in [-0.2, 0) is 0 Å². The fourth-order valence-corrected chi connectivity index (χ4v) is 1.69. The average Bonchev–Trinajstić information content (AvgIpc) is 2.84. The number of hydrogen-bond donors (Lipinski definition) is 2. The van der Waals surface area contributed by atoms with Crippen molar-refractivity contribution in [3.05, 3.63) is 44.2 Å². The van der Waals surface area contributed by atoms with Gasteiger partial charge >= 0.3 is 0 Å². The van der Waals surface area contributed by atoms with Gasteiger partial charge < -0.3 is 0 Å². The number of carbonyl (C=O) groups is 1. The van der Waals surface area contributed by atoms with Crippen LogP contribution in [0.5, 0.6) is 0 Å². The monoisotopic (exact) mass is 301 g/mol. The quantitative estimate of drug-likeness (QED) is 0.666. The maximum absolute atomic E-state index is 11.9. The van der Waals surface area contributed by atoms with E-state index in [-0.39, 0.29) is 27.2 Å². The molecule has 2 aromatic rings. The lowest BCUT2D eigenvalue weighted by molar-refractivity contribution is -0.384. The molecule has 0 saturated heterocycles. The minimum atomic E-state index is -0.688. The van der Waals surface area contributed by atoms with Gasteiger partial charge in [-0.1, -0.05) is 23.2 Å². The van der Waals surface area contributed by atoms with Gasteiger partial charge in [0.15, 0.2) is 0 Å². The molecule has 0 atom stereocenters. The molecule has 0 bridgehead atoms. The van der Waals surface area contributed by atoms with E-state index in [2.05, 4.69) is 20.5 Å². The van der Waals surface area contributed by atoms with Gasteiger partial charge in [-0.05, 0) is 0 Å². The number of amides is 1. The Morgan fingerprint density at radius 3 is 2.74 bits per heavy atom. The van der Waals surface area contributed by atoms with Crippen LogP contribution in [0.1, 0.15) is 10.4 Å². The highest BCUT2D eigenvalue weighted by molar-refractivity contribution is 6.44. The highest BCUT2D eigenvalue weighted by atomic mass is 35.5. The van der Waals surface area contributed by atoms with Crippen LogP contribution in [0.25, 0.3) is 0 Å². The molecule has 10 heteroatoms. The Kier molecular flexibility index (Phi) is 3.63. The summed E-state index contributed by atoms with van der Waals surface area (Å²) in [5.41, 5.74) is -0.464. The number of carbonyl (C=O) groups excluding carboxylic acids is 1. The lowest BCUT2D eigenvalue weighted by Gasteiger charge is -2.05. The molecule has 0 aliphatic heterocycles. The van der Waals surface area contributed by atoms with Crippen LogP contribution in [-0.4, -0.2) is 26.0 Å². The number of aromatic nitrogens is 3. The Bertz CT molecular complexity index is 644. The number of benzene rings is 1. The lowest BCUT2D eigenvalue weighted by atomic mass is 10.2. The molecule has 1 aromatic carbocycles. The Hall–Kier alpha value is -2.19. The number of nitrogens with zero attached hydrogens (tertiary/aromatic N) is 3. The van der Waals surface area contributed by atoms with Crippen molar-refractivity contribution >= 4 is 40.7 Å². The first-order valence-corrected chi connectivity index (χ1v) is 5.55. The molecule has 0 aliphatic rings. The second kappa shape index (κ2) is 5.21. The Labute approximate surface area is 115 Å². The summed E-state index contributed by atoms with van der Waals surface area (Å²) < 4.78 is 0. The van der Waals surface area contributed by atoms with Crippen molar-refractivity contribution in [3.8, 4) is 0 Å². The molecule has 0 spiro atoms. The van der Waals surface area contributed by atoms with Crippen LogP contribution in [0.4, 0.5) is 11.6 Å². The molecule has 0 unspecified atom stereocenters. The van der Waals surface area contributed by atoms with Crippen molar-refractivity contribution in [1.29, 1.82) is 0 Å². The second-order valence-corrected chi connectivity index (χ2v) is 4.12. The van der Waals surface area contributed by atoms with E-state index in [1.807, 2.05) is 0 Å². The number of nitro benzene ring substituents is 1. The number of H-pyrrole nitrogens is 1. The largest absolute Gasteiger partial charge is 0.291 e. The second-order valence-electron chi connectivity index (χ2n) is 3.33. The van der Waals surface area contributed by atoms with E-state index in [1.165, 1.54) is 6.33 Å². The van der Waals surface area contributed by atoms with Gasteiger partial charge in [-0.2, -0.15) is 10.1 Å². The van der Waals surface area contributed by atoms with Crippen molar-refractivity contribution in [2.45, 2.75) is 0 Å². The van der Waals surface area contributed by atoms with Crippen LogP contribution in [0, 0.1) is 10.1 Å². The minimum Gasteiger partial charge on any atom is -0.291 e. The molecule has 0 fully saturated rings. The summed E-state index contributed by atoms with van der Waals surface area (Å²) in [4.78, 5) is 25.6. The smallest absolute Gasteiger partial charge is 0.271 e. The number of nitrogens with one attached hydrogen (secondary N) is 2. The molecule has 19 heavy (non-hydrogen) atoms. The molecule has 98 valence electrons. The number of anilines is 1. The standard InChI is InChI=1S/C9H5Cl2N5O3/c10-6-2-4(16(18)19)1-5(7(6)11)8(17)14-9-12-3-13-15-9/h1-3H,(H2,12,13,14,15,17). The molecule has 1 aromatic heterocycles. The Morgan fingerprint density at radius 2 is 2.16 bits per heavy atom. The first-order valence-electron chi connectivity index (χ1n) is 4.79. The molecule has 0 radical (unpaired) electrons. The number of rotatable bonds is 3. The van der Waals surface area contributed by atoms with Crippen molar-refractivity contribution in [2.75, 3.05) is 5.32 Å². The predicted molar refractivity (Wildman–Crippen MR) is 67.5 cm³/mol. The molecule has 8 nitrogen and oxygen atoms in total. The Morgan fingerprint density at radius 1 is 1.42 bits per heavy atom. The maximum atomic E-state index is 11.9. The van der Waals surface area contributed by atoms with Crippen LogP contribution >= 0.6 is 23.2 Å². The van der Waals surface area contributed by atoms with Crippen molar-refractivity contribution in [3.63, 3.8) is 0 Å². The number of aromatic amines is 1. The van der Waals surface area contributed by atoms with Gasteiger partial charge in [0.1, 0.15) is 6.33 Å². The van der Waals surface area contributed by atoms with Crippen molar-refractivity contribution in [1.82, 2.24) is 15.2 Å². The maximum Gasteiger partial charge on any atom is 0.271 e. The van der Waals surface area contributed by atoms with E-state index in [0.29, 0.717) is 0 Å². The SMILES string of the molecule is O=C(Nc1ncn[nH]1)c1cc([N+](=O)[O-])cc(Cl)c1Cl. The van der Waals surface area contributed by atoms with Gasteiger partial charge in [0, 0.05) is 12.1 Å². The molecule has 0 saturated carbocycles. The van der Waals surface area contributed by atoms with Crippen molar-refractivity contribution in [2.24, 2.45) is 0 Å². The fraction of sp³-hybridized carbons (Fsp3) is 0. The normalized spacial score (nSPS) is 10.2. The van der Waals surface area contributed by atoms with Gasteiger partial charge in [0.25, 0.3) is 11.6 Å². The zero-order valence-corrected chi connectivity index (χ0v) is 10.6. The topological polar surface area (TPSA) is 114 Å². The molecule has 1 heterocycles. The molecule has 0 aliphatic carbocycles. The number of non-ortho nitro benzene ring substituents is 1. The summed E-state index contributed by atoms with van der Waals surface area (Å²) in [5, 5.41) is 18.8. The minimum absolute atomic E-state index is 0.0794. The van der Waals surface area contributed by atoms with Gasteiger partial charge in [0.05, 0.1) is 20.5 Å². The fourth-order valence-electron chi connectivity index (χ4n) is 1.29. The zero-order chi connectivity index (χ0) is 14.0. The van der Waals surface area contributed by atoms with E-state index < -0.39 is 10.8 Å². The summed E-state index contributed by atoms with van der Waals surface area (Å²) >= 11 is 11.6. The molecular weight excluding hydrogens is 297 g/mol. The molecular formula is C9H5Cl2N5O3. The number of hydrogen-bond acceptors (Lipinski definition) is 5. The first kappa shape index (κ1) is 13.2. The summed E-state index contributed by atoms with van der Waals surface area (Å²) in [6, 6.07) is 2.09. The highest BCUT2D eigenvalue weighted by Gasteiger charge is 2.20. The number of halogens is 2. The third-order valence-corrected chi connectivity index (χ3v) is 2.92. The number of nitro groups is 1. The summed E-state index contributed by atoms with van der Waals surface area (Å²) in [6.07, 6.45) is 1.19. The van der Waals surface area contributed by atoms with Gasteiger partial charge in [0.2, 0.25) is 5.95 Å². The van der Waals surface area contributed by atoms with Crippen LogP contribution < -0.4 is 5.32 Å². The summed E-state index contributed by atoms with van der Waals surface area (Å²) in [6.45, 7) is 0. The molecule has 2 rings (SSSR count). The van der Waals surface area contributed by atoms with Gasteiger partial charge in [-0.25, -0.2) is 5.10 Å². The van der Waals surface area contributed by atoms with E-state index in [9.17, 15) is 14.9 Å². The molecule has 1 amide bonds. The van der Waals surface area contributed by atoms with E-state index in [4.69, 9.17) is 23.2 Å². The zero-order valence-electron chi connectivity index (χ0n) is 9.05. The van der Waals surface area contributed by atoms with E-state index in [0.717, 1.165) is 12.1 Å². The van der Waals surface area contributed by atoms with Crippen LogP contribution in [0.3, 0.4) is 0 Å². The van der Waals surface area contributed by atoms with Gasteiger partial charge in [-0.15, -0.1) is 0 Å². The lowest BCUT2D eigenvalue weighted by Crippen LogP contribution is -2.14. The molecule has 2 N–H and O–H groups in total. The third-order valence-electron chi connectivity index (χ3n) is 2.12. The van der Waals surface area contributed by atoms with Gasteiger partial charge in [-0.3, -0.25) is 20.2 Å². The first-order chi connectivity index (χ1) is 8.99. The summed E-state index contributed by atoms with van der Waals surface area (Å²) in [5.74, 6) is -0.601.